The van der Waals surface area contributed by atoms with Crippen molar-refractivity contribution in [3.63, 3.8) is 0 Å². The number of hydrogen-bond acceptors (Lipinski definition) is 2. The summed E-state index contributed by atoms with van der Waals surface area (Å²) in [4.78, 5) is 9.25. The van der Waals surface area contributed by atoms with Crippen LogP contribution in [0.3, 0.4) is 0 Å². The van der Waals surface area contributed by atoms with E-state index in [1.807, 2.05) is 24.4 Å². The van der Waals surface area contributed by atoms with Gasteiger partial charge in [0.2, 0.25) is 0 Å². The van der Waals surface area contributed by atoms with Gasteiger partial charge in [0.25, 0.3) is 0 Å². The fourth-order valence-electron chi connectivity index (χ4n) is 2.72. The topological polar surface area (TPSA) is 30.2 Å². The van der Waals surface area contributed by atoms with Crippen LogP contribution in [0.15, 0.2) is 52.1 Å². The van der Waals surface area contributed by atoms with Crippen LogP contribution in [-0.4, -0.2) is 16.1 Å². The minimum Gasteiger partial charge on any atom is -0.293 e. The SMILES string of the molecule is Brc1cccc(-n2c3c(c4ncccc42)=CCCN=3)c1. The van der Waals surface area contributed by atoms with Crippen molar-refractivity contribution >= 4 is 33.0 Å². The quantitative estimate of drug-likeness (QED) is 0.676. The number of fused-ring (bicyclic) bond motifs is 3. The molecule has 0 atom stereocenters. The fraction of sp³-hybridized carbons (Fsp3) is 0.125. The molecule has 0 saturated carbocycles. The average Bonchev–Trinajstić information content (AvgIpc) is 2.82. The monoisotopic (exact) mass is 325 g/mol. The van der Waals surface area contributed by atoms with Crippen LogP contribution in [0.5, 0.6) is 0 Å². The highest BCUT2D eigenvalue weighted by atomic mass is 79.9. The predicted molar refractivity (Wildman–Crippen MR) is 83.5 cm³/mol. The van der Waals surface area contributed by atoms with E-state index in [2.05, 4.69) is 49.8 Å². The molecule has 1 aliphatic rings. The van der Waals surface area contributed by atoms with Gasteiger partial charge in [-0.1, -0.05) is 28.1 Å². The van der Waals surface area contributed by atoms with E-state index >= 15 is 0 Å². The fourth-order valence-corrected chi connectivity index (χ4v) is 3.11. The van der Waals surface area contributed by atoms with Gasteiger partial charge in [0.05, 0.1) is 11.0 Å². The Labute approximate surface area is 124 Å². The Balaban J connectivity index is 2.20. The molecule has 3 aromatic rings. The lowest BCUT2D eigenvalue weighted by molar-refractivity contribution is 0.890. The molecule has 0 fully saturated rings. The number of halogens is 1. The zero-order valence-corrected chi connectivity index (χ0v) is 12.3. The number of aromatic nitrogens is 2. The molecule has 2 aromatic heterocycles. The summed E-state index contributed by atoms with van der Waals surface area (Å²) in [5.41, 5.74) is 4.27. The standard InChI is InChI=1S/C16H12BrN3/c17-11-4-1-5-12(10-11)20-14-7-3-8-18-15(14)13-6-2-9-19-16(13)20/h1,3-8,10H,2,9H2. The van der Waals surface area contributed by atoms with Crippen molar-refractivity contribution in [1.29, 1.82) is 0 Å². The van der Waals surface area contributed by atoms with Gasteiger partial charge in [-0.15, -0.1) is 0 Å². The first-order valence-electron chi connectivity index (χ1n) is 6.61. The van der Waals surface area contributed by atoms with Crippen molar-refractivity contribution in [3.05, 3.63) is 57.8 Å². The molecule has 0 radical (unpaired) electrons. The zero-order chi connectivity index (χ0) is 13.5. The summed E-state index contributed by atoms with van der Waals surface area (Å²) >= 11 is 3.54. The van der Waals surface area contributed by atoms with Crippen LogP contribution in [0.2, 0.25) is 0 Å². The van der Waals surface area contributed by atoms with Gasteiger partial charge < -0.3 is 0 Å². The molecule has 0 amide bonds. The number of benzene rings is 1. The Morgan fingerprint density at radius 3 is 3.00 bits per heavy atom. The first-order valence-corrected chi connectivity index (χ1v) is 7.40. The van der Waals surface area contributed by atoms with E-state index in [0.717, 1.165) is 44.9 Å². The van der Waals surface area contributed by atoms with E-state index in [9.17, 15) is 0 Å². The molecule has 0 bridgehead atoms. The Kier molecular flexibility index (Phi) is 2.70. The number of hydrogen-bond donors (Lipinski definition) is 0. The third-order valence-electron chi connectivity index (χ3n) is 3.54. The smallest absolute Gasteiger partial charge is 0.142 e. The van der Waals surface area contributed by atoms with Gasteiger partial charge in [0, 0.05) is 28.1 Å². The van der Waals surface area contributed by atoms with E-state index in [-0.39, 0.29) is 0 Å². The summed E-state index contributed by atoms with van der Waals surface area (Å²) in [7, 11) is 0. The minimum absolute atomic E-state index is 0.845. The third kappa shape index (κ3) is 1.72. The second-order valence-electron chi connectivity index (χ2n) is 4.80. The Hall–Kier alpha value is -1.94. The van der Waals surface area contributed by atoms with Gasteiger partial charge in [-0.05, 0) is 36.8 Å². The van der Waals surface area contributed by atoms with Gasteiger partial charge in [0.15, 0.2) is 0 Å². The van der Waals surface area contributed by atoms with E-state index in [1.165, 1.54) is 0 Å². The maximum absolute atomic E-state index is 4.71. The second kappa shape index (κ2) is 4.56. The normalized spacial score (nSPS) is 13.7. The number of nitrogens with zero attached hydrogens (tertiary/aromatic N) is 3. The summed E-state index contributed by atoms with van der Waals surface area (Å²) < 4.78 is 3.26. The van der Waals surface area contributed by atoms with Crippen LogP contribution < -0.4 is 10.7 Å². The van der Waals surface area contributed by atoms with E-state index in [4.69, 9.17) is 4.99 Å². The van der Waals surface area contributed by atoms with Crippen LogP contribution in [0.4, 0.5) is 0 Å². The molecular weight excluding hydrogens is 314 g/mol. The van der Waals surface area contributed by atoms with Crippen molar-refractivity contribution in [2.75, 3.05) is 6.54 Å². The van der Waals surface area contributed by atoms with Crippen molar-refractivity contribution < 1.29 is 0 Å². The van der Waals surface area contributed by atoms with Crippen molar-refractivity contribution in [1.82, 2.24) is 9.55 Å². The molecule has 3 heterocycles. The van der Waals surface area contributed by atoms with Crippen LogP contribution >= 0.6 is 15.9 Å². The van der Waals surface area contributed by atoms with Gasteiger partial charge in [0.1, 0.15) is 5.49 Å². The van der Waals surface area contributed by atoms with Crippen molar-refractivity contribution in [2.45, 2.75) is 6.42 Å². The lowest BCUT2D eigenvalue weighted by atomic mass is 10.2. The van der Waals surface area contributed by atoms with Crippen LogP contribution in [0, 0.1) is 0 Å². The third-order valence-corrected chi connectivity index (χ3v) is 4.03. The van der Waals surface area contributed by atoms with Crippen LogP contribution in [0.25, 0.3) is 22.8 Å². The molecule has 0 unspecified atom stereocenters. The van der Waals surface area contributed by atoms with Crippen molar-refractivity contribution in [2.24, 2.45) is 4.99 Å². The molecule has 0 spiro atoms. The van der Waals surface area contributed by atoms with Gasteiger partial charge >= 0.3 is 0 Å². The van der Waals surface area contributed by atoms with E-state index < -0.39 is 0 Å². The lowest BCUT2D eigenvalue weighted by Crippen LogP contribution is -2.31. The maximum atomic E-state index is 4.71. The first kappa shape index (κ1) is 11.9. The Morgan fingerprint density at radius 1 is 1.15 bits per heavy atom. The summed E-state index contributed by atoms with van der Waals surface area (Å²) in [6, 6.07) is 12.4. The average molecular weight is 326 g/mol. The van der Waals surface area contributed by atoms with E-state index in [1.54, 1.807) is 0 Å². The van der Waals surface area contributed by atoms with Gasteiger partial charge in [-0.3, -0.25) is 14.5 Å². The summed E-state index contributed by atoms with van der Waals surface area (Å²) in [5, 5.41) is 1.16. The number of pyridine rings is 1. The second-order valence-corrected chi connectivity index (χ2v) is 5.71. The van der Waals surface area contributed by atoms with Crippen LogP contribution in [-0.2, 0) is 0 Å². The van der Waals surface area contributed by atoms with Crippen molar-refractivity contribution in [3.8, 4) is 5.69 Å². The molecule has 1 aromatic carbocycles. The first-order chi connectivity index (χ1) is 9.84. The largest absolute Gasteiger partial charge is 0.293 e. The number of rotatable bonds is 1. The Morgan fingerprint density at radius 2 is 2.10 bits per heavy atom. The lowest BCUT2D eigenvalue weighted by Gasteiger charge is -2.07. The molecule has 0 N–H and O–H groups in total. The van der Waals surface area contributed by atoms with Gasteiger partial charge in [-0.2, -0.15) is 0 Å². The van der Waals surface area contributed by atoms with Gasteiger partial charge in [-0.25, -0.2) is 0 Å². The highest BCUT2D eigenvalue weighted by molar-refractivity contribution is 9.10. The molecule has 4 rings (SSSR count). The van der Waals surface area contributed by atoms with Crippen LogP contribution in [0.1, 0.15) is 6.42 Å². The Bertz CT molecular complexity index is 925. The maximum Gasteiger partial charge on any atom is 0.142 e. The minimum atomic E-state index is 0.845. The summed E-state index contributed by atoms with van der Waals surface area (Å²) in [6.07, 6.45) is 5.07. The molecule has 0 saturated heterocycles. The summed E-state index contributed by atoms with van der Waals surface area (Å²) in [6.45, 7) is 0.845. The molecule has 3 nitrogen and oxygen atoms in total. The summed E-state index contributed by atoms with van der Waals surface area (Å²) in [5.74, 6) is 0. The molecular formula is C16H12BrN3. The molecule has 0 aliphatic carbocycles. The zero-order valence-electron chi connectivity index (χ0n) is 10.8. The molecule has 1 aliphatic heterocycles. The van der Waals surface area contributed by atoms with E-state index in [0.29, 0.717) is 0 Å². The molecule has 4 heteroatoms. The highest BCUT2D eigenvalue weighted by Gasteiger charge is 2.12. The highest BCUT2D eigenvalue weighted by Crippen LogP contribution is 2.18. The predicted octanol–water partition coefficient (Wildman–Crippen LogP) is 2.59. The molecule has 98 valence electrons. The molecule has 20 heavy (non-hydrogen) atoms.